The summed E-state index contributed by atoms with van der Waals surface area (Å²) in [5.41, 5.74) is 2.44. The van der Waals surface area contributed by atoms with Crippen LogP contribution in [0.5, 0.6) is 0 Å². The first-order valence-corrected chi connectivity index (χ1v) is 6.38. The van der Waals surface area contributed by atoms with Crippen molar-refractivity contribution in [3.63, 3.8) is 0 Å². The molecule has 1 amide bonds. The Morgan fingerprint density at radius 3 is 2.74 bits per heavy atom. The molecule has 0 fully saturated rings. The molecular formula is C14H19N3O2. The Morgan fingerprint density at radius 1 is 1.47 bits per heavy atom. The fourth-order valence-corrected chi connectivity index (χ4v) is 2.21. The van der Waals surface area contributed by atoms with Crippen LogP contribution in [0.4, 0.5) is 4.79 Å². The van der Waals surface area contributed by atoms with Crippen LogP contribution in [-0.2, 0) is 4.74 Å². The van der Waals surface area contributed by atoms with Crippen molar-refractivity contribution < 1.29 is 9.53 Å². The number of nitrogens with zero attached hydrogens (tertiary/aromatic N) is 2. The lowest BCUT2D eigenvalue weighted by atomic mass is 10.0. The molecule has 1 aromatic carbocycles. The number of amides is 1. The number of nitrogens with one attached hydrogen (secondary N) is 1. The summed E-state index contributed by atoms with van der Waals surface area (Å²) in [6.45, 7) is 5.54. The van der Waals surface area contributed by atoms with E-state index < -0.39 is 6.09 Å². The summed E-state index contributed by atoms with van der Waals surface area (Å²) < 4.78 is 4.60. The maximum Gasteiger partial charge on any atom is 0.413 e. The molecule has 1 heterocycles. The van der Waals surface area contributed by atoms with Crippen molar-refractivity contribution in [2.24, 2.45) is 4.99 Å². The van der Waals surface area contributed by atoms with E-state index in [0.29, 0.717) is 12.5 Å². The van der Waals surface area contributed by atoms with Crippen LogP contribution in [0.3, 0.4) is 0 Å². The van der Waals surface area contributed by atoms with Gasteiger partial charge in [-0.15, -0.1) is 0 Å². The molecule has 5 heteroatoms. The summed E-state index contributed by atoms with van der Waals surface area (Å²) in [5.74, 6) is 0.583. The van der Waals surface area contributed by atoms with E-state index in [1.807, 2.05) is 6.92 Å². The third kappa shape index (κ3) is 2.86. The average Bonchev–Trinajstić information content (AvgIpc) is 2.82. The second-order valence-electron chi connectivity index (χ2n) is 4.49. The minimum atomic E-state index is -0.484. The number of benzene rings is 1. The number of hydrogen-bond donors (Lipinski definition) is 1. The topological polar surface area (TPSA) is 53.9 Å². The average molecular weight is 261 g/mol. The van der Waals surface area contributed by atoms with E-state index in [4.69, 9.17) is 0 Å². The van der Waals surface area contributed by atoms with Gasteiger partial charge in [0.05, 0.1) is 19.7 Å². The third-order valence-corrected chi connectivity index (χ3v) is 3.26. The number of aliphatic imine (C=N–C) groups is 1. The largest absolute Gasteiger partial charge is 0.453 e. The smallest absolute Gasteiger partial charge is 0.413 e. The SMILES string of the molecule is CCN1C(NC(=O)OC)=NCC1c1ccc(C)cc1. The van der Waals surface area contributed by atoms with E-state index in [9.17, 15) is 4.79 Å². The molecule has 1 aliphatic rings. The first-order chi connectivity index (χ1) is 9.15. The maximum absolute atomic E-state index is 11.3. The minimum Gasteiger partial charge on any atom is -0.453 e. The number of alkyl carbamates (subject to hydrolysis) is 1. The zero-order valence-electron chi connectivity index (χ0n) is 11.5. The third-order valence-electron chi connectivity index (χ3n) is 3.26. The van der Waals surface area contributed by atoms with Crippen molar-refractivity contribution in [1.82, 2.24) is 10.2 Å². The van der Waals surface area contributed by atoms with Crippen molar-refractivity contribution in [3.05, 3.63) is 35.4 Å². The van der Waals surface area contributed by atoms with E-state index in [1.165, 1.54) is 18.2 Å². The Hall–Kier alpha value is -2.04. The lowest BCUT2D eigenvalue weighted by Crippen LogP contribution is -2.42. The quantitative estimate of drug-likeness (QED) is 0.886. The number of guanidine groups is 1. The molecule has 1 N–H and O–H groups in total. The molecule has 2 rings (SSSR count). The Kier molecular flexibility index (Phi) is 4.04. The van der Waals surface area contributed by atoms with E-state index in [-0.39, 0.29) is 6.04 Å². The highest BCUT2D eigenvalue weighted by Gasteiger charge is 2.28. The van der Waals surface area contributed by atoms with E-state index in [1.54, 1.807) is 0 Å². The highest BCUT2D eigenvalue weighted by atomic mass is 16.5. The highest BCUT2D eigenvalue weighted by molar-refractivity contribution is 5.95. The molecule has 0 saturated carbocycles. The molecule has 1 atom stereocenters. The Labute approximate surface area is 113 Å². The van der Waals surface area contributed by atoms with Crippen LogP contribution >= 0.6 is 0 Å². The molecule has 102 valence electrons. The van der Waals surface area contributed by atoms with Gasteiger partial charge in [0, 0.05) is 6.54 Å². The first kappa shape index (κ1) is 13.4. The highest BCUT2D eigenvalue weighted by Crippen LogP contribution is 2.25. The molecule has 0 saturated heterocycles. The van der Waals surface area contributed by atoms with Gasteiger partial charge in [0.15, 0.2) is 0 Å². The van der Waals surface area contributed by atoms with Gasteiger partial charge in [-0.1, -0.05) is 29.8 Å². The molecule has 1 aromatic rings. The van der Waals surface area contributed by atoms with Crippen LogP contribution in [0, 0.1) is 6.92 Å². The lowest BCUT2D eigenvalue weighted by Gasteiger charge is -2.26. The summed E-state index contributed by atoms with van der Waals surface area (Å²) in [4.78, 5) is 17.7. The summed E-state index contributed by atoms with van der Waals surface area (Å²) in [6, 6.07) is 8.58. The van der Waals surface area contributed by atoms with Gasteiger partial charge in [0.2, 0.25) is 5.96 Å². The van der Waals surface area contributed by atoms with Crippen molar-refractivity contribution in [2.45, 2.75) is 19.9 Å². The summed E-state index contributed by atoms with van der Waals surface area (Å²) in [6.07, 6.45) is -0.484. The lowest BCUT2D eigenvalue weighted by molar-refractivity contribution is 0.175. The fraction of sp³-hybridized carbons (Fsp3) is 0.429. The van der Waals surface area contributed by atoms with Gasteiger partial charge in [0.1, 0.15) is 0 Å². The van der Waals surface area contributed by atoms with E-state index >= 15 is 0 Å². The second-order valence-corrected chi connectivity index (χ2v) is 4.49. The predicted molar refractivity (Wildman–Crippen MR) is 74.1 cm³/mol. The fourth-order valence-electron chi connectivity index (χ4n) is 2.21. The molecule has 0 spiro atoms. The number of likely N-dealkylation sites (N-methyl/N-ethyl adjacent to an activating group) is 1. The van der Waals surface area contributed by atoms with Crippen LogP contribution in [0.25, 0.3) is 0 Å². The number of hydrogen-bond acceptors (Lipinski definition) is 4. The summed E-state index contributed by atoms with van der Waals surface area (Å²) in [5, 5.41) is 2.66. The van der Waals surface area contributed by atoms with Crippen LogP contribution in [0.15, 0.2) is 29.3 Å². The van der Waals surface area contributed by atoms with Gasteiger partial charge in [-0.2, -0.15) is 0 Å². The van der Waals surface area contributed by atoms with Gasteiger partial charge in [-0.25, -0.2) is 4.79 Å². The van der Waals surface area contributed by atoms with Gasteiger partial charge in [0.25, 0.3) is 0 Å². The molecule has 1 aliphatic heterocycles. The second kappa shape index (κ2) is 5.73. The zero-order valence-corrected chi connectivity index (χ0v) is 11.5. The van der Waals surface area contributed by atoms with Crippen LogP contribution in [0.2, 0.25) is 0 Å². The van der Waals surface area contributed by atoms with Crippen LogP contribution in [0.1, 0.15) is 24.1 Å². The number of ether oxygens (including phenoxy) is 1. The van der Waals surface area contributed by atoms with Gasteiger partial charge in [-0.05, 0) is 19.4 Å². The molecule has 5 nitrogen and oxygen atoms in total. The van der Waals surface area contributed by atoms with Crippen molar-refractivity contribution in [3.8, 4) is 0 Å². The van der Waals surface area contributed by atoms with Crippen LogP contribution < -0.4 is 5.32 Å². The summed E-state index contributed by atoms with van der Waals surface area (Å²) in [7, 11) is 1.35. The summed E-state index contributed by atoms with van der Waals surface area (Å²) >= 11 is 0. The van der Waals surface area contributed by atoms with Crippen LogP contribution in [-0.4, -0.2) is 37.2 Å². The minimum absolute atomic E-state index is 0.178. The van der Waals surface area contributed by atoms with Gasteiger partial charge >= 0.3 is 6.09 Å². The molecule has 0 bridgehead atoms. The van der Waals surface area contributed by atoms with Crippen molar-refractivity contribution in [1.29, 1.82) is 0 Å². The Morgan fingerprint density at radius 2 is 2.16 bits per heavy atom. The maximum atomic E-state index is 11.3. The van der Waals surface area contributed by atoms with Crippen molar-refractivity contribution >= 4 is 12.1 Å². The molecule has 0 aliphatic carbocycles. The standard InChI is InChI=1S/C14H19N3O2/c1-4-17-12(11-7-5-10(2)6-8-11)9-15-13(17)16-14(18)19-3/h5-8,12H,4,9H2,1-3H3,(H,15,16,18). The zero-order chi connectivity index (χ0) is 13.8. The Balaban J connectivity index is 2.13. The number of rotatable bonds is 2. The number of carbonyl (C=O) groups is 1. The monoisotopic (exact) mass is 261 g/mol. The first-order valence-electron chi connectivity index (χ1n) is 6.38. The molecule has 0 radical (unpaired) electrons. The number of methoxy groups -OCH3 is 1. The normalized spacial score (nSPS) is 18.2. The van der Waals surface area contributed by atoms with Gasteiger partial charge < -0.3 is 9.64 Å². The molecule has 0 aromatic heterocycles. The molecule has 19 heavy (non-hydrogen) atoms. The molecular weight excluding hydrogens is 242 g/mol. The predicted octanol–water partition coefficient (Wildman–Crippen LogP) is 2.08. The van der Waals surface area contributed by atoms with Gasteiger partial charge in [-0.3, -0.25) is 10.3 Å². The van der Waals surface area contributed by atoms with E-state index in [2.05, 4.69) is 51.1 Å². The van der Waals surface area contributed by atoms with E-state index in [0.717, 1.165) is 6.54 Å². The number of aryl methyl sites for hydroxylation is 1. The Bertz CT molecular complexity index is 482. The molecule has 1 unspecified atom stereocenters. The number of carbonyl (C=O) groups excluding carboxylic acids is 1. The van der Waals surface area contributed by atoms with Crippen molar-refractivity contribution in [2.75, 3.05) is 20.2 Å².